The van der Waals surface area contributed by atoms with E-state index in [1.54, 1.807) is 6.08 Å². The molecular weight excluding hydrogens is 462 g/mol. The number of nitrogens with zero attached hydrogens (tertiary/aromatic N) is 2. The van der Waals surface area contributed by atoms with E-state index in [0.29, 0.717) is 11.6 Å². The third kappa shape index (κ3) is 8.05. The van der Waals surface area contributed by atoms with Crippen LogP contribution in [0.2, 0.25) is 0 Å². The van der Waals surface area contributed by atoms with Crippen molar-refractivity contribution in [2.24, 2.45) is 0 Å². The molecule has 1 aliphatic heterocycles. The first kappa shape index (κ1) is 26.2. The van der Waals surface area contributed by atoms with E-state index in [1.165, 1.54) is 17.2 Å². The minimum absolute atomic E-state index is 0.333. The monoisotopic (exact) mass is 497 g/mol. The Morgan fingerprint density at radius 3 is 2.22 bits per heavy atom. The number of rotatable bonds is 9. The lowest BCUT2D eigenvalue weighted by molar-refractivity contribution is -0.142. The summed E-state index contributed by atoms with van der Waals surface area (Å²) in [4.78, 5) is 29.1. The smallest absolute Gasteiger partial charge is 0.331 e. The summed E-state index contributed by atoms with van der Waals surface area (Å²) in [7, 11) is 0. The molecule has 0 spiro atoms. The summed E-state index contributed by atoms with van der Waals surface area (Å²) in [6, 6.07) is 26.4. The number of carbonyl (C=O) groups is 2. The fourth-order valence-corrected chi connectivity index (χ4v) is 4.30. The molecule has 6 nitrogen and oxygen atoms in total. The van der Waals surface area contributed by atoms with Crippen LogP contribution in [0, 0.1) is 0 Å². The zero-order valence-electron chi connectivity index (χ0n) is 21.6. The number of ether oxygens (including phenoxy) is 1. The molecule has 0 unspecified atom stereocenters. The Labute approximate surface area is 219 Å². The Kier molecular flexibility index (Phi) is 9.11. The number of piperazine rings is 1. The van der Waals surface area contributed by atoms with Crippen LogP contribution in [0.5, 0.6) is 0 Å². The van der Waals surface area contributed by atoms with Crippen molar-refractivity contribution in [3.63, 3.8) is 0 Å². The van der Waals surface area contributed by atoms with Gasteiger partial charge in [0.2, 0.25) is 0 Å². The number of anilines is 2. The maximum absolute atomic E-state index is 12.2. The molecule has 4 rings (SSSR count). The van der Waals surface area contributed by atoms with Gasteiger partial charge in [-0.1, -0.05) is 68.4 Å². The highest BCUT2D eigenvalue weighted by Gasteiger charge is 2.17. The van der Waals surface area contributed by atoms with Crippen molar-refractivity contribution in [2.75, 3.05) is 43.0 Å². The van der Waals surface area contributed by atoms with Gasteiger partial charge >= 0.3 is 5.97 Å². The minimum atomic E-state index is -0.551. The number of benzene rings is 3. The van der Waals surface area contributed by atoms with E-state index in [9.17, 15) is 9.59 Å². The largest absolute Gasteiger partial charge is 0.452 e. The van der Waals surface area contributed by atoms with Gasteiger partial charge in [0.1, 0.15) is 0 Å². The summed E-state index contributed by atoms with van der Waals surface area (Å²) in [6.07, 6.45) is 3.02. The highest BCUT2D eigenvalue weighted by molar-refractivity contribution is 5.94. The van der Waals surface area contributed by atoms with E-state index in [1.807, 2.05) is 54.6 Å². The van der Waals surface area contributed by atoms with Crippen molar-refractivity contribution < 1.29 is 14.3 Å². The van der Waals surface area contributed by atoms with Crippen LogP contribution in [0.25, 0.3) is 6.08 Å². The Hall–Kier alpha value is -3.90. The van der Waals surface area contributed by atoms with Gasteiger partial charge in [0.05, 0.1) is 0 Å². The van der Waals surface area contributed by atoms with Crippen LogP contribution in [-0.4, -0.2) is 49.6 Å². The van der Waals surface area contributed by atoms with E-state index in [4.69, 9.17) is 4.74 Å². The first-order chi connectivity index (χ1) is 18.0. The first-order valence-electron chi connectivity index (χ1n) is 12.8. The highest BCUT2D eigenvalue weighted by Crippen LogP contribution is 2.20. The molecule has 192 valence electrons. The summed E-state index contributed by atoms with van der Waals surface area (Å²) < 4.78 is 5.08. The predicted octanol–water partition coefficient (Wildman–Crippen LogP) is 5.33. The second-order valence-corrected chi connectivity index (χ2v) is 9.61. The fourth-order valence-electron chi connectivity index (χ4n) is 4.30. The number of nitrogens with one attached hydrogen (secondary N) is 1. The van der Waals surface area contributed by atoms with Gasteiger partial charge < -0.3 is 15.0 Å². The lowest BCUT2D eigenvalue weighted by Crippen LogP contribution is -2.45. The molecule has 0 aliphatic carbocycles. The van der Waals surface area contributed by atoms with E-state index in [0.717, 1.165) is 44.0 Å². The first-order valence-corrected chi connectivity index (χ1v) is 12.8. The van der Waals surface area contributed by atoms with Gasteiger partial charge in [-0.2, -0.15) is 0 Å². The molecule has 0 bridgehead atoms. The average molecular weight is 498 g/mol. The van der Waals surface area contributed by atoms with Gasteiger partial charge in [0.25, 0.3) is 5.91 Å². The van der Waals surface area contributed by atoms with Gasteiger partial charge in [0.15, 0.2) is 6.61 Å². The van der Waals surface area contributed by atoms with Crippen molar-refractivity contribution >= 4 is 29.3 Å². The molecule has 37 heavy (non-hydrogen) atoms. The van der Waals surface area contributed by atoms with Crippen molar-refractivity contribution in [1.29, 1.82) is 0 Å². The van der Waals surface area contributed by atoms with Gasteiger partial charge in [-0.15, -0.1) is 0 Å². The molecule has 6 heteroatoms. The fraction of sp³-hybridized carbons (Fsp3) is 0.290. The Morgan fingerprint density at radius 1 is 0.892 bits per heavy atom. The third-order valence-corrected chi connectivity index (χ3v) is 6.50. The third-order valence-electron chi connectivity index (χ3n) is 6.50. The van der Waals surface area contributed by atoms with Crippen LogP contribution in [-0.2, 0) is 20.9 Å². The van der Waals surface area contributed by atoms with Crippen LogP contribution < -0.4 is 10.2 Å². The second kappa shape index (κ2) is 12.9. The van der Waals surface area contributed by atoms with Gasteiger partial charge in [-0.25, -0.2) is 4.79 Å². The molecule has 3 aromatic carbocycles. The molecule has 1 saturated heterocycles. The summed E-state index contributed by atoms with van der Waals surface area (Å²) in [5.74, 6) is -0.464. The van der Waals surface area contributed by atoms with Crippen molar-refractivity contribution in [3.8, 4) is 0 Å². The highest BCUT2D eigenvalue weighted by atomic mass is 16.5. The molecule has 0 radical (unpaired) electrons. The van der Waals surface area contributed by atoms with Crippen LogP contribution in [0.1, 0.15) is 36.5 Å². The van der Waals surface area contributed by atoms with Gasteiger partial charge in [-0.05, 0) is 52.9 Å². The Balaban J connectivity index is 1.18. The SMILES string of the molecule is CC(C)c1ccc(/C=C/C(=O)OCC(=O)Nc2ccc(N3CCN(Cc4ccccc4)CC3)cc2)cc1. The molecule has 0 aromatic heterocycles. The second-order valence-electron chi connectivity index (χ2n) is 9.61. The van der Waals surface area contributed by atoms with E-state index < -0.39 is 5.97 Å². The molecule has 1 aliphatic rings. The molecular formula is C31H35N3O3. The van der Waals surface area contributed by atoms with Crippen molar-refractivity contribution in [1.82, 2.24) is 4.90 Å². The van der Waals surface area contributed by atoms with Crippen LogP contribution in [0.4, 0.5) is 11.4 Å². The Bertz CT molecular complexity index is 1180. The summed E-state index contributed by atoms with van der Waals surface area (Å²) in [5, 5.41) is 2.79. The average Bonchev–Trinajstić information content (AvgIpc) is 2.92. The zero-order chi connectivity index (χ0) is 26.0. The van der Waals surface area contributed by atoms with E-state index in [-0.39, 0.29) is 12.5 Å². The topological polar surface area (TPSA) is 61.9 Å². The van der Waals surface area contributed by atoms with Crippen LogP contribution in [0.15, 0.2) is 84.9 Å². The number of hydrogen-bond donors (Lipinski definition) is 1. The molecule has 1 N–H and O–H groups in total. The van der Waals surface area contributed by atoms with E-state index in [2.05, 4.69) is 53.2 Å². The van der Waals surface area contributed by atoms with E-state index >= 15 is 0 Å². The van der Waals surface area contributed by atoms with Gasteiger partial charge in [-0.3, -0.25) is 9.69 Å². The lowest BCUT2D eigenvalue weighted by Gasteiger charge is -2.36. The molecule has 1 fully saturated rings. The van der Waals surface area contributed by atoms with Crippen molar-refractivity contribution in [2.45, 2.75) is 26.3 Å². The maximum atomic E-state index is 12.2. The van der Waals surface area contributed by atoms with Crippen molar-refractivity contribution in [3.05, 3.63) is 102 Å². The molecule has 0 atom stereocenters. The maximum Gasteiger partial charge on any atom is 0.331 e. The standard InChI is InChI=1S/C31H35N3O3/c1-24(2)27-11-8-25(9-12-27)10-17-31(36)37-23-30(35)32-28-13-15-29(16-14-28)34-20-18-33(19-21-34)22-26-6-4-3-5-7-26/h3-17,24H,18-23H2,1-2H3,(H,32,35)/b17-10+. The molecule has 1 heterocycles. The summed E-state index contributed by atoms with van der Waals surface area (Å²) in [6.45, 7) is 8.86. The molecule has 1 amide bonds. The summed E-state index contributed by atoms with van der Waals surface area (Å²) in [5.41, 5.74) is 5.30. The summed E-state index contributed by atoms with van der Waals surface area (Å²) >= 11 is 0. The number of carbonyl (C=O) groups excluding carboxylic acids is 2. The number of esters is 1. The number of hydrogen-bond acceptors (Lipinski definition) is 5. The number of amides is 1. The zero-order valence-corrected chi connectivity index (χ0v) is 21.6. The normalized spacial score (nSPS) is 14.2. The quantitative estimate of drug-likeness (QED) is 0.320. The molecule has 3 aromatic rings. The van der Waals surface area contributed by atoms with Crippen LogP contribution in [0.3, 0.4) is 0 Å². The lowest BCUT2D eigenvalue weighted by atomic mass is 10.0. The molecule has 0 saturated carbocycles. The minimum Gasteiger partial charge on any atom is -0.452 e. The van der Waals surface area contributed by atoms with Crippen LogP contribution >= 0.6 is 0 Å². The van der Waals surface area contributed by atoms with Gasteiger partial charge in [0, 0.05) is 50.2 Å². The predicted molar refractivity (Wildman–Crippen MR) is 150 cm³/mol. The Morgan fingerprint density at radius 2 is 1.57 bits per heavy atom.